The van der Waals surface area contributed by atoms with Crippen molar-refractivity contribution in [3.63, 3.8) is 0 Å². The molecular formula is C22H25F2N5O6. The lowest BCUT2D eigenvalue weighted by molar-refractivity contribution is -0.169. The fourth-order valence-electron chi connectivity index (χ4n) is 4.59. The standard InChI is InChI=1S/C22H25F2N5O6/c1-2-32-20(30)18-13-28(26-25-18)11-15-12-29(21(31)35-15)14-9-16(23)19(17(24)10-14)27-5-3-22(4-6-27)33-7-8-34-22/h9-10,13,15H,2-8,11-12H2,1H3/t15-/m0/s1. The van der Waals surface area contributed by atoms with E-state index >= 15 is 8.78 Å². The summed E-state index contributed by atoms with van der Waals surface area (Å²) in [7, 11) is 0. The van der Waals surface area contributed by atoms with Crippen LogP contribution in [0.25, 0.3) is 0 Å². The van der Waals surface area contributed by atoms with Crippen molar-refractivity contribution in [2.75, 3.05) is 49.3 Å². The van der Waals surface area contributed by atoms with Crippen LogP contribution >= 0.6 is 0 Å². The number of halogens is 2. The lowest BCUT2D eigenvalue weighted by atomic mass is 10.0. The van der Waals surface area contributed by atoms with E-state index in [4.69, 9.17) is 18.9 Å². The van der Waals surface area contributed by atoms with E-state index in [0.29, 0.717) is 39.1 Å². The number of ether oxygens (including phenoxy) is 4. The van der Waals surface area contributed by atoms with Crippen LogP contribution in [0.4, 0.5) is 25.0 Å². The molecule has 1 aromatic carbocycles. The predicted octanol–water partition coefficient (Wildman–Crippen LogP) is 2.10. The Morgan fingerprint density at radius 3 is 2.54 bits per heavy atom. The van der Waals surface area contributed by atoms with Gasteiger partial charge < -0.3 is 23.8 Å². The van der Waals surface area contributed by atoms with E-state index in [-0.39, 0.29) is 36.8 Å². The number of esters is 1. The molecule has 0 unspecified atom stereocenters. The molecule has 3 saturated heterocycles. The number of nitrogens with zero attached hydrogens (tertiary/aromatic N) is 5. The smallest absolute Gasteiger partial charge is 0.414 e. The Morgan fingerprint density at radius 1 is 1.20 bits per heavy atom. The summed E-state index contributed by atoms with van der Waals surface area (Å²) in [5, 5.41) is 7.57. The number of hydrogen-bond acceptors (Lipinski definition) is 9. The number of benzene rings is 1. The van der Waals surface area contributed by atoms with Gasteiger partial charge in [-0.2, -0.15) is 0 Å². The van der Waals surface area contributed by atoms with Gasteiger partial charge in [-0.15, -0.1) is 5.10 Å². The van der Waals surface area contributed by atoms with Crippen LogP contribution in [0, 0.1) is 11.6 Å². The van der Waals surface area contributed by atoms with E-state index in [1.54, 1.807) is 11.8 Å². The molecule has 1 amide bonds. The Labute approximate surface area is 199 Å². The van der Waals surface area contributed by atoms with Gasteiger partial charge in [0.25, 0.3) is 0 Å². The average molecular weight is 493 g/mol. The maximum absolute atomic E-state index is 15.0. The minimum Gasteiger partial charge on any atom is -0.461 e. The molecule has 3 aliphatic rings. The molecule has 1 aromatic heterocycles. The van der Waals surface area contributed by atoms with Gasteiger partial charge in [0, 0.05) is 38.1 Å². The Balaban J connectivity index is 1.25. The lowest BCUT2D eigenvalue weighted by Gasteiger charge is -2.38. The van der Waals surface area contributed by atoms with E-state index in [9.17, 15) is 9.59 Å². The van der Waals surface area contributed by atoms with Crippen LogP contribution in [0.2, 0.25) is 0 Å². The van der Waals surface area contributed by atoms with Gasteiger partial charge in [0.1, 0.15) is 11.8 Å². The van der Waals surface area contributed by atoms with Gasteiger partial charge in [0.05, 0.1) is 44.8 Å². The molecule has 0 saturated carbocycles. The third kappa shape index (κ3) is 4.65. The number of hydrogen-bond donors (Lipinski definition) is 0. The SMILES string of the molecule is CCOC(=O)c1cn(C[C@H]2CN(c3cc(F)c(N4CCC5(CC4)OCCO5)c(F)c3)C(=O)O2)nn1. The summed E-state index contributed by atoms with van der Waals surface area (Å²) < 4.78 is 53.0. The Kier molecular flexibility index (Phi) is 6.28. The van der Waals surface area contributed by atoms with E-state index in [1.165, 1.54) is 10.9 Å². The zero-order valence-electron chi connectivity index (χ0n) is 19.1. The molecular weight excluding hydrogens is 468 g/mol. The van der Waals surface area contributed by atoms with Gasteiger partial charge in [-0.05, 0) is 6.92 Å². The maximum atomic E-state index is 15.0. The van der Waals surface area contributed by atoms with Crippen molar-refractivity contribution in [3.05, 3.63) is 35.7 Å². The molecule has 1 atom stereocenters. The summed E-state index contributed by atoms with van der Waals surface area (Å²) in [6, 6.07) is 2.26. The highest BCUT2D eigenvalue weighted by Crippen LogP contribution is 2.36. The molecule has 188 valence electrons. The van der Waals surface area contributed by atoms with Crippen LogP contribution in [-0.2, 0) is 25.5 Å². The Hall–Kier alpha value is -3.32. The molecule has 11 nitrogen and oxygen atoms in total. The second kappa shape index (κ2) is 9.38. The number of anilines is 2. The van der Waals surface area contributed by atoms with Crippen LogP contribution in [0.1, 0.15) is 30.3 Å². The van der Waals surface area contributed by atoms with Gasteiger partial charge >= 0.3 is 12.1 Å². The fraction of sp³-hybridized carbons (Fsp3) is 0.545. The number of carbonyl (C=O) groups excluding carboxylic acids is 2. The molecule has 2 aromatic rings. The quantitative estimate of drug-likeness (QED) is 0.559. The highest BCUT2D eigenvalue weighted by Gasteiger charge is 2.41. The molecule has 5 rings (SSSR count). The van der Waals surface area contributed by atoms with E-state index < -0.39 is 35.6 Å². The van der Waals surface area contributed by atoms with Crippen LogP contribution < -0.4 is 9.80 Å². The Morgan fingerprint density at radius 2 is 1.89 bits per heavy atom. The normalized spacial score (nSPS) is 21.6. The second-order valence-electron chi connectivity index (χ2n) is 8.52. The predicted molar refractivity (Wildman–Crippen MR) is 116 cm³/mol. The monoisotopic (exact) mass is 493 g/mol. The molecule has 35 heavy (non-hydrogen) atoms. The highest BCUT2D eigenvalue weighted by atomic mass is 19.1. The Bertz CT molecular complexity index is 1090. The van der Waals surface area contributed by atoms with Crippen molar-refractivity contribution in [2.24, 2.45) is 0 Å². The summed E-state index contributed by atoms with van der Waals surface area (Å²) in [6.07, 6.45) is 1.01. The number of aromatic nitrogens is 3. The van der Waals surface area contributed by atoms with Gasteiger partial charge in [-0.25, -0.2) is 23.1 Å². The number of piperidine rings is 1. The van der Waals surface area contributed by atoms with Gasteiger partial charge in [-0.3, -0.25) is 4.90 Å². The molecule has 3 fully saturated rings. The number of cyclic esters (lactones) is 1. The van der Waals surface area contributed by atoms with E-state index in [2.05, 4.69) is 10.3 Å². The minimum atomic E-state index is -0.768. The lowest BCUT2D eigenvalue weighted by Crippen LogP contribution is -2.45. The molecule has 4 heterocycles. The maximum Gasteiger partial charge on any atom is 0.414 e. The van der Waals surface area contributed by atoms with Crippen molar-refractivity contribution in [1.29, 1.82) is 0 Å². The van der Waals surface area contributed by atoms with Gasteiger partial charge in [-0.1, -0.05) is 5.21 Å². The van der Waals surface area contributed by atoms with Gasteiger partial charge in [0.15, 0.2) is 23.1 Å². The van der Waals surface area contributed by atoms with Crippen molar-refractivity contribution in [1.82, 2.24) is 15.0 Å². The molecule has 0 aliphatic carbocycles. The first-order chi connectivity index (χ1) is 16.9. The van der Waals surface area contributed by atoms with Crippen molar-refractivity contribution in [2.45, 2.75) is 38.2 Å². The van der Waals surface area contributed by atoms with Crippen LogP contribution in [-0.4, -0.2) is 78.4 Å². The highest BCUT2D eigenvalue weighted by molar-refractivity contribution is 5.90. The first-order valence-corrected chi connectivity index (χ1v) is 11.4. The number of carbonyl (C=O) groups is 2. The fourth-order valence-corrected chi connectivity index (χ4v) is 4.59. The zero-order chi connectivity index (χ0) is 24.6. The molecule has 13 heteroatoms. The van der Waals surface area contributed by atoms with E-state index in [1.807, 2.05) is 0 Å². The second-order valence-corrected chi connectivity index (χ2v) is 8.52. The largest absolute Gasteiger partial charge is 0.461 e. The summed E-state index contributed by atoms with van der Waals surface area (Å²) in [5.74, 6) is -2.80. The summed E-state index contributed by atoms with van der Waals surface area (Å²) >= 11 is 0. The molecule has 0 N–H and O–H groups in total. The summed E-state index contributed by atoms with van der Waals surface area (Å²) in [4.78, 5) is 27.0. The van der Waals surface area contributed by atoms with Crippen LogP contribution in [0.5, 0.6) is 0 Å². The average Bonchev–Trinajstić information content (AvgIpc) is 3.56. The first-order valence-electron chi connectivity index (χ1n) is 11.4. The van der Waals surface area contributed by atoms with Gasteiger partial charge in [0.2, 0.25) is 0 Å². The molecule has 0 bridgehead atoms. The molecule has 1 spiro atoms. The molecule has 0 radical (unpaired) electrons. The molecule has 3 aliphatic heterocycles. The summed E-state index contributed by atoms with van der Waals surface area (Å²) in [6.45, 7) is 3.84. The number of rotatable bonds is 6. The van der Waals surface area contributed by atoms with Crippen LogP contribution in [0.15, 0.2) is 18.3 Å². The van der Waals surface area contributed by atoms with Crippen molar-refractivity contribution >= 4 is 23.4 Å². The first kappa shape index (κ1) is 23.4. The van der Waals surface area contributed by atoms with E-state index in [0.717, 1.165) is 17.0 Å². The topological polar surface area (TPSA) is 108 Å². The number of amides is 1. The third-order valence-corrected chi connectivity index (χ3v) is 6.26. The third-order valence-electron chi connectivity index (χ3n) is 6.26. The minimum absolute atomic E-state index is 0.0300. The summed E-state index contributed by atoms with van der Waals surface area (Å²) in [5.41, 5.74) is -0.0553. The van der Waals surface area contributed by atoms with Crippen molar-refractivity contribution < 1.29 is 37.3 Å². The van der Waals surface area contributed by atoms with Crippen LogP contribution in [0.3, 0.4) is 0 Å². The van der Waals surface area contributed by atoms with Crippen molar-refractivity contribution in [3.8, 4) is 0 Å². The zero-order valence-corrected chi connectivity index (χ0v) is 19.1.